The Bertz CT molecular complexity index is 844. The summed E-state index contributed by atoms with van der Waals surface area (Å²) >= 11 is 1.34. The lowest BCUT2D eigenvalue weighted by Crippen LogP contribution is -2.30. The summed E-state index contributed by atoms with van der Waals surface area (Å²) in [6, 6.07) is 3.97. The Balaban J connectivity index is 2.35. The van der Waals surface area contributed by atoms with Gasteiger partial charge in [0.2, 0.25) is 10.0 Å². The fourth-order valence-electron chi connectivity index (χ4n) is 1.98. The van der Waals surface area contributed by atoms with Crippen LogP contribution in [0.4, 0.5) is 5.13 Å². The van der Waals surface area contributed by atoms with Crippen molar-refractivity contribution < 1.29 is 17.9 Å². The standard InChI is InChI=1S/C15H19N3O4S2/c1-9(2)18-24(20,21)13-7-11(5-6-12(13)22-4)14(19)17-15-16-8-10(3)23-15/h5-9,18H,1-4H3,(H,16,17,19). The quantitative estimate of drug-likeness (QED) is 0.815. The second kappa shape index (κ2) is 7.29. The van der Waals surface area contributed by atoms with Gasteiger partial charge in [0.25, 0.3) is 5.91 Å². The highest BCUT2D eigenvalue weighted by Gasteiger charge is 2.22. The number of nitrogens with zero attached hydrogens (tertiary/aromatic N) is 1. The molecule has 1 aromatic carbocycles. The third kappa shape index (κ3) is 4.31. The van der Waals surface area contributed by atoms with E-state index >= 15 is 0 Å². The second-order valence-electron chi connectivity index (χ2n) is 5.37. The van der Waals surface area contributed by atoms with E-state index in [-0.39, 0.29) is 22.3 Å². The van der Waals surface area contributed by atoms with Crippen LogP contribution in [-0.2, 0) is 10.0 Å². The molecule has 2 rings (SSSR count). The lowest BCUT2D eigenvalue weighted by atomic mass is 10.2. The van der Waals surface area contributed by atoms with Crippen LogP contribution in [0.25, 0.3) is 0 Å². The summed E-state index contributed by atoms with van der Waals surface area (Å²) in [6.45, 7) is 5.31. The number of amides is 1. The van der Waals surface area contributed by atoms with Crippen LogP contribution in [0.2, 0.25) is 0 Å². The molecule has 0 saturated heterocycles. The van der Waals surface area contributed by atoms with Crippen LogP contribution in [0.1, 0.15) is 29.1 Å². The summed E-state index contributed by atoms with van der Waals surface area (Å²) in [4.78, 5) is 17.3. The average Bonchev–Trinajstić information content (AvgIpc) is 2.90. The molecule has 24 heavy (non-hydrogen) atoms. The number of carbonyl (C=O) groups excluding carboxylic acids is 1. The largest absolute Gasteiger partial charge is 0.495 e. The van der Waals surface area contributed by atoms with Gasteiger partial charge in [0.15, 0.2) is 5.13 Å². The molecule has 0 aliphatic rings. The molecule has 0 spiro atoms. The predicted molar refractivity (Wildman–Crippen MR) is 93.3 cm³/mol. The van der Waals surface area contributed by atoms with Crippen LogP contribution in [0.5, 0.6) is 5.75 Å². The van der Waals surface area contributed by atoms with E-state index in [2.05, 4.69) is 15.0 Å². The van der Waals surface area contributed by atoms with Crippen LogP contribution in [-0.4, -0.2) is 32.5 Å². The van der Waals surface area contributed by atoms with Gasteiger partial charge in [-0.25, -0.2) is 18.1 Å². The topological polar surface area (TPSA) is 97.4 Å². The Morgan fingerprint density at radius 1 is 1.33 bits per heavy atom. The summed E-state index contributed by atoms with van der Waals surface area (Å²) in [5.41, 5.74) is 0.202. The van der Waals surface area contributed by atoms with E-state index in [1.165, 1.54) is 36.6 Å². The Labute approximate surface area is 145 Å². The van der Waals surface area contributed by atoms with Gasteiger partial charge in [-0.3, -0.25) is 10.1 Å². The van der Waals surface area contributed by atoms with Crippen molar-refractivity contribution in [1.82, 2.24) is 9.71 Å². The van der Waals surface area contributed by atoms with Crippen LogP contribution in [0.3, 0.4) is 0 Å². The minimum absolute atomic E-state index is 0.0818. The number of methoxy groups -OCH3 is 1. The van der Waals surface area contributed by atoms with Crippen molar-refractivity contribution in [2.75, 3.05) is 12.4 Å². The van der Waals surface area contributed by atoms with Crippen molar-refractivity contribution in [3.63, 3.8) is 0 Å². The van der Waals surface area contributed by atoms with Gasteiger partial charge in [0, 0.05) is 22.7 Å². The number of aromatic nitrogens is 1. The van der Waals surface area contributed by atoms with E-state index in [1.54, 1.807) is 20.0 Å². The normalized spacial score (nSPS) is 11.5. The number of carbonyl (C=O) groups is 1. The van der Waals surface area contributed by atoms with E-state index in [0.29, 0.717) is 5.13 Å². The molecular formula is C15H19N3O4S2. The molecule has 130 valence electrons. The zero-order valence-corrected chi connectivity index (χ0v) is 15.4. The highest BCUT2D eigenvalue weighted by molar-refractivity contribution is 7.89. The molecule has 9 heteroatoms. The molecule has 0 radical (unpaired) electrons. The third-order valence-electron chi connectivity index (χ3n) is 2.95. The highest BCUT2D eigenvalue weighted by atomic mass is 32.2. The fraction of sp³-hybridized carbons (Fsp3) is 0.333. The summed E-state index contributed by atoms with van der Waals surface area (Å²) in [6.07, 6.45) is 1.65. The molecule has 7 nitrogen and oxygen atoms in total. The molecule has 2 aromatic rings. The van der Waals surface area contributed by atoms with Crippen LogP contribution >= 0.6 is 11.3 Å². The van der Waals surface area contributed by atoms with E-state index < -0.39 is 15.9 Å². The predicted octanol–water partition coefficient (Wildman–Crippen LogP) is 2.40. The Morgan fingerprint density at radius 2 is 2.04 bits per heavy atom. The molecular weight excluding hydrogens is 350 g/mol. The summed E-state index contributed by atoms with van der Waals surface area (Å²) in [5, 5.41) is 3.10. The van der Waals surface area contributed by atoms with Crippen LogP contribution < -0.4 is 14.8 Å². The molecule has 0 aliphatic carbocycles. The lowest BCUT2D eigenvalue weighted by molar-refractivity contribution is 0.102. The maximum Gasteiger partial charge on any atom is 0.257 e. The zero-order valence-electron chi connectivity index (χ0n) is 13.8. The SMILES string of the molecule is COc1ccc(C(=O)Nc2ncc(C)s2)cc1S(=O)(=O)NC(C)C. The first kappa shape index (κ1) is 18.4. The third-order valence-corrected chi connectivity index (χ3v) is 5.46. The van der Waals surface area contributed by atoms with Gasteiger partial charge in [0.05, 0.1) is 7.11 Å². The Morgan fingerprint density at radius 3 is 2.58 bits per heavy atom. The van der Waals surface area contributed by atoms with Crippen molar-refractivity contribution in [2.24, 2.45) is 0 Å². The number of aryl methyl sites for hydroxylation is 1. The Hall–Kier alpha value is -1.97. The first-order valence-corrected chi connectivity index (χ1v) is 9.47. The summed E-state index contributed by atoms with van der Waals surface area (Å²) in [5.74, 6) is -0.266. The van der Waals surface area contributed by atoms with E-state index in [9.17, 15) is 13.2 Å². The van der Waals surface area contributed by atoms with Crippen molar-refractivity contribution in [1.29, 1.82) is 0 Å². The number of hydrogen-bond acceptors (Lipinski definition) is 6. The molecule has 1 amide bonds. The Kier molecular flexibility index (Phi) is 5.58. The first-order valence-electron chi connectivity index (χ1n) is 7.17. The second-order valence-corrected chi connectivity index (χ2v) is 8.29. The number of sulfonamides is 1. The van der Waals surface area contributed by atoms with Gasteiger partial charge in [-0.1, -0.05) is 0 Å². The minimum Gasteiger partial charge on any atom is -0.495 e. The van der Waals surface area contributed by atoms with Gasteiger partial charge in [-0.05, 0) is 39.0 Å². The highest BCUT2D eigenvalue weighted by Crippen LogP contribution is 2.26. The smallest absolute Gasteiger partial charge is 0.257 e. The van der Waals surface area contributed by atoms with Gasteiger partial charge >= 0.3 is 0 Å². The van der Waals surface area contributed by atoms with Gasteiger partial charge in [-0.15, -0.1) is 11.3 Å². The van der Waals surface area contributed by atoms with Gasteiger partial charge in [-0.2, -0.15) is 0 Å². The molecule has 0 fully saturated rings. The number of rotatable bonds is 6. The number of hydrogen-bond donors (Lipinski definition) is 2. The number of benzene rings is 1. The summed E-state index contributed by atoms with van der Waals surface area (Å²) in [7, 11) is -2.42. The van der Waals surface area contributed by atoms with E-state index in [0.717, 1.165) is 4.88 Å². The minimum atomic E-state index is -3.80. The molecule has 0 unspecified atom stereocenters. The number of thiazole rings is 1. The van der Waals surface area contributed by atoms with E-state index in [1.807, 2.05) is 6.92 Å². The van der Waals surface area contributed by atoms with Gasteiger partial charge < -0.3 is 4.74 Å². The van der Waals surface area contributed by atoms with Crippen LogP contribution in [0, 0.1) is 6.92 Å². The molecule has 0 saturated carbocycles. The first-order chi connectivity index (χ1) is 11.2. The van der Waals surface area contributed by atoms with Crippen molar-refractivity contribution in [3.8, 4) is 5.75 Å². The van der Waals surface area contributed by atoms with Crippen molar-refractivity contribution >= 4 is 32.4 Å². The van der Waals surface area contributed by atoms with Crippen LogP contribution in [0.15, 0.2) is 29.3 Å². The van der Waals surface area contributed by atoms with Crippen molar-refractivity contribution in [2.45, 2.75) is 31.7 Å². The summed E-state index contributed by atoms with van der Waals surface area (Å²) < 4.78 is 32.4. The molecule has 0 atom stereocenters. The molecule has 0 aliphatic heterocycles. The monoisotopic (exact) mass is 369 g/mol. The fourth-order valence-corrected chi connectivity index (χ4v) is 4.09. The van der Waals surface area contributed by atoms with Gasteiger partial charge in [0.1, 0.15) is 10.6 Å². The molecule has 2 N–H and O–H groups in total. The van der Waals surface area contributed by atoms with E-state index in [4.69, 9.17) is 4.74 Å². The number of ether oxygens (including phenoxy) is 1. The average molecular weight is 369 g/mol. The maximum absolute atomic E-state index is 12.4. The maximum atomic E-state index is 12.4. The zero-order chi connectivity index (χ0) is 17.9. The lowest BCUT2D eigenvalue weighted by Gasteiger charge is -2.14. The molecule has 1 aromatic heterocycles. The van der Waals surface area contributed by atoms with Crippen molar-refractivity contribution in [3.05, 3.63) is 34.8 Å². The molecule has 0 bridgehead atoms. The molecule has 1 heterocycles. The number of anilines is 1. The number of nitrogens with one attached hydrogen (secondary N) is 2.